The molecule has 0 aliphatic heterocycles. The summed E-state index contributed by atoms with van der Waals surface area (Å²) >= 11 is 0. The van der Waals surface area contributed by atoms with Gasteiger partial charge < -0.3 is 48.3 Å². The lowest BCUT2D eigenvalue weighted by Crippen LogP contribution is -2.61. The average Bonchev–Trinajstić information content (AvgIpc) is 3.34. The van der Waals surface area contributed by atoms with Gasteiger partial charge in [0.1, 0.15) is 18.1 Å². The molecule has 1 rings (SSSR count). The Kier molecular flexibility index (Phi) is 13.0. The van der Waals surface area contributed by atoms with Crippen molar-refractivity contribution >= 4 is 29.7 Å². The second kappa shape index (κ2) is 15.4. The van der Waals surface area contributed by atoms with E-state index in [0.29, 0.717) is 18.5 Å². The topological polar surface area (TPSA) is 264 Å². The molecule has 208 valence electrons. The monoisotopic (exact) mass is 525 g/mol. The minimum Gasteiger partial charge on any atom is -0.480 e. The van der Waals surface area contributed by atoms with E-state index in [1.54, 1.807) is 13.8 Å². The molecule has 1 heterocycles. The number of carbonyl (C=O) groups excluding carboxylic acids is 3. The van der Waals surface area contributed by atoms with E-state index in [1.165, 1.54) is 19.4 Å². The summed E-state index contributed by atoms with van der Waals surface area (Å²) in [5, 5.41) is 27.0. The van der Waals surface area contributed by atoms with E-state index in [2.05, 4.69) is 30.9 Å². The van der Waals surface area contributed by atoms with Gasteiger partial charge in [-0.3, -0.25) is 19.4 Å². The summed E-state index contributed by atoms with van der Waals surface area (Å²) in [5.74, 6) is -4.01. The summed E-state index contributed by atoms with van der Waals surface area (Å²) in [6.45, 7) is 4.99. The number of aliphatic hydroxyl groups excluding tert-OH is 1. The standard InChI is InChI=1S/C22H39N9O6/c1-4-11(2)16(19(34)29-15(21(36)37)6-5-7-27-22(24)25)30-20(35)17(12(3)32)31-18(33)14(23)8-13-9-26-10-28-13/h9-12,14-17,32H,4-8,23H2,1-3H3,(H,26,28)(H,29,34)(H,30,35)(H,31,33)(H,36,37)(H4,24,25,27). The molecule has 37 heavy (non-hydrogen) atoms. The Hall–Kier alpha value is -3.72. The van der Waals surface area contributed by atoms with Gasteiger partial charge in [0.15, 0.2) is 5.96 Å². The van der Waals surface area contributed by atoms with Crippen LogP contribution in [0.1, 0.15) is 45.7 Å². The lowest BCUT2D eigenvalue weighted by molar-refractivity contribution is -0.143. The maximum atomic E-state index is 13.0. The molecule has 6 atom stereocenters. The molecule has 12 N–H and O–H groups in total. The van der Waals surface area contributed by atoms with Crippen LogP contribution in [0.5, 0.6) is 0 Å². The molecule has 0 aliphatic carbocycles. The van der Waals surface area contributed by atoms with Gasteiger partial charge in [0.25, 0.3) is 0 Å². The molecule has 1 aromatic heterocycles. The first-order chi connectivity index (χ1) is 17.4. The highest BCUT2D eigenvalue weighted by Crippen LogP contribution is 2.11. The number of aliphatic carboxylic acids is 1. The van der Waals surface area contributed by atoms with Crippen LogP contribution in [-0.2, 0) is 25.6 Å². The summed E-state index contributed by atoms with van der Waals surface area (Å²) in [6, 6.07) is -4.81. The van der Waals surface area contributed by atoms with E-state index in [9.17, 15) is 29.4 Å². The maximum Gasteiger partial charge on any atom is 0.326 e. The normalized spacial score (nSPS) is 15.8. The molecule has 0 fully saturated rings. The smallest absolute Gasteiger partial charge is 0.326 e. The van der Waals surface area contributed by atoms with Gasteiger partial charge in [0, 0.05) is 24.9 Å². The van der Waals surface area contributed by atoms with Crippen LogP contribution >= 0.6 is 0 Å². The zero-order valence-corrected chi connectivity index (χ0v) is 21.3. The largest absolute Gasteiger partial charge is 0.480 e. The number of aliphatic imine (C=N–C) groups is 1. The molecule has 0 saturated carbocycles. The van der Waals surface area contributed by atoms with Crippen molar-refractivity contribution in [2.75, 3.05) is 6.54 Å². The summed E-state index contributed by atoms with van der Waals surface area (Å²) in [7, 11) is 0. The zero-order valence-electron chi connectivity index (χ0n) is 21.3. The van der Waals surface area contributed by atoms with E-state index in [0.717, 1.165) is 0 Å². The number of aromatic amines is 1. The molecule has 0 bridgehead atoms. The predicted octanol–water partition coefficient (Wildman–Crippen LogP) is -2.70. The minimum absolute atomic E-state index is 0.0552. The number of carboxylic acid groups (broad SMARTS) is 1. The first-order valence-electron chi connectivity index (χ1n) is 12.0. The number of imidazole rings is 1. The summed E-state index contributed by atoms with van der Waals surface area (Å²) < 4.78 is 0. The lowest BCUT2D eigenvalue weighted by Gasteiger charge is -2.29. The van der Waals surface area contributed by atoms with Crippen molar-refractivity contribution in [1.82, 2.24) is 25.9 Å². The fraction of sp³-hybridized carbons (Fsp3) is 0.636. The van der Waals surface area contributed by atoms with Crippen molar-refractivity contribution in [3.05, 3.63) is 18.2 Å². The number of amides is 3. The minimum atomic E-state index is -1.41. The van der Waals surface area contributed by atoms with Crippen molar-refractivity contribution < 1.29 is 29.4 Å². The van der Waals surface area contributed by atoms with Crippen molar-refractivity contribution in [1.29, 1.82) is 0 Å². The fourth-order valence-electron chi connectivity index (χ4n) is 3.36. The molecule has 0 aromatic carbocycles. The Balaban J connectivity index is 2.89. The lowest BCUT2D eigenvalue weighted by atomic mass is 9.96. The second-order valence-corrected chi connectivity index (χ2v) is 8.83. The Labute approximate surface area is 215 Å². The number of carbonyl (C=O) groups is 4. The van der Waals surface area contributed by atoms with Gasteiger partial charge in [-0.25, -0.2) is 9.78 Å². The van der Waals surface area contributed by atoms with Gasteiger partial charge in [0.05, 0.1) is 18.5 Å². The number of carboxylic acids is 1. The number of rotatable bonds is 16. The number of aliphatic hydroxyl groups is 1. The third kappa shape index (κ3) is 10.8. The van der Waals surface area contributed by atoms with E-state index in [4.69, 9.17) is 17.2 Å². The Morgan fingerprint density at radius 1 is 1.08 bits per heavy atom. The van der Waals surface area contributed by atoms with Crippen LogP contribution in [-0.4, -0.2) is 86.6 Å². The average molecular weight is 526 g/mol. The molecule has 0 radical (unpaired) electrons. The Morgan fingerprint density at radius 2 is 1.70 bits per heavy atom. The second-order valence-electron chi connectivity index (χ2n) is 8.83. The van der Waals surface area contributed by atoms with Crippen molar-refractivity contribution in [2.24, 2.45) is 28.1 Å². The molecule has 15 nitrogen and oxygen atoms in total. The van der Waals surface area contributed by atoms with Gasteiger partial charge in [0.2, 0.25) is 17.7 Å². The highest BCUT2D eigenvalue weighted by atomic mass is 16.4. The van der Waals surface area contributed by atoms with Gasteiger partial charge in [-0.05, 0) is 25.7 Å². The molecular formula is C22H39N9O6. The van der Waals surface area contributed by atoms with Crippen molar-refractivity contribution in [3.8, 4) is 0 Å². The molecule has 6 unspecified atom stereocenters. The fourth-order valence-corrected chi connectivity index (χ4v) is 3.36. The van der Waals surface area contributed by atoms with Crippen LogP contribution in [0, 0.1) is 5.92 Å². The molecule has 15 heteroatoms. The van der Waals surface area contributed by atoms with Crippen LogP contribution in [0.3, 0.4) is 0 Å². The maximum absolute atomic E-state index is 13.0. The summed E-state index contributed by atoms with van der Waals surface area (Å²) in [5.41, 5.74) is 17.0. The number of H-pyrrole nitrogens is 1. The number of guanidine groups is 1. The first-order valence-corrected chi connectivity index (χ1v) is 12.0. The number of nitrogens with two attached hydrogens (primary N) is 3. The summed E-state index contributed by atoms with van der Waals surface area (Å²) in [6.07, 6.45) is 2.58. The number of hydrogen-bond acceptors (Lipinski definition) is 8. The van der Waals surface area contributed by atoms with Crippen LogP contribution in [0.2, 0.25) is 0 Å². The Morgan fingerprint density at radius 3 is 2.22 bits per heavy atom. The summed E-state index contributed by atoms with van der Waals surface area (Å²) in [4.78, 5) is 60.7. The van der Waals surface area contributed by atoms with Crippen molar-refractivity contribution in [3.63, 3.8) is 0 Å². The zero-order chi connectivity index (χ0) is 28.1. The number of hydrogen-bond donors (Lipinski definition) is 9. The van der Waals surface area contributed by atoms with Crippen LogP contribution in [0.15, 0.2) is 17.5 Å². The number of nitrogens with zero attached hydrogens (tertiary/aromatic N) is 2. The highest BCUT2D eigenvalue weighted by molar-refractivity contribution is 5.94. The quantitative estimate of drug-likeness (QED) is 0.0612. The van der Waals surface area contributed by atoms with E-state index in [-0.39, 0.29) is 25.3 Å². The van der Waals surface area contributed by atoms with Crippen molar-refractivity contribution in [2.45, 2.75) is 76.7 Å². The number of aromatic nitrogens is 2. The first kappa shape index (κ1) is 31.3. The van der Waals surface area contributed by atoms with Gasteiger partial charge in [-0.1, -0.05) is 20.3 Å². The Bertz CT molecular complexity index is 918. The molecule has 0 saturated heterocycles. The molecule has 0 aliphatic rings. The molecule has 3 amide bonds. The molecule has 0 spiro atoms. The van der Waals surface area contributed by atoms with E-state index >= 15 is 0 Å². The third-order valence-corrected chi connectivity index (χ3v) is 5.75. The van der Waals surface area contributed by atoms with Gasteiger partial charge in [-0.2, -0.15) is 0 Å². The van der Waals surface area contributed by atoms with E-state index < -0.39 is 59.9 Å². The SMILES string of the molecule is CCC(C)C(NC(=O)C(NC(=O)C(N)Cc1cnc[nH]1)C(C)O)C(=O)NC(CCCN=C(N)N)C(=O)O. The third-order valence-electron chi connectivity index (χ3n) is 5.75. The van der Waals surface area contributed by atoms with Crippen LogP contribution < -0.4 is 33.2 Å². The molecule has 1 aromatic rings. The predicted molar refractivity (Wildman–Crippen MR) is 135 cm³/mol. The van der Waals surface area contributed by atoms with Crippen LogP contribution in [0.4, 0.5) is 0 Å². The van der Waals surface area contributed by atoms with Gasteiger partial charge in [-0.15, -0.1) is 0 Å². The van der Waals surface area contributed by atoms with E-state index in [1.807, 2.05) is 0 Å². The molecular weight excluding hydrogens is 486 g/mol. The highest BCUT2D eigenvalue weighted by Gasteiger charge is 2.34. The number of nitrogens with one attached hydrogen (secondary N) is 4. The van der Waals surface area contributed by atoms with Crippen LogP contribution in [0.25, 0.3) is 0 Å². The van der Waals surface area contributed by atoms with Gasteiger partial charge >= 0.3 is 5.97 Å².